The second-order valence-electron chi connectivity index (χ2n) is 6.58. The van der Waals surface area contributed by atoms with Crippen molar-refractivity contribution in [2.45, 2.75) is 26.8 Å². The molecule has 3 rings (SSSR count). The average molecular weight is 377 g/mol. The van der Waals surface area contributed by atoms with Gasteiger partial charge in [-0.05, 0) is 50.6 Å². The number of amides is 3. The molecule has 0 aliphatic heterocycles. The van der Waals surface area contributed by atoms with E-state index in [2.05, 4.69) is 26.1 Å². The number of hydrogen-bond donors (Lipinski definition) is 4. The summed E-state index contributed by atoms with van der Waals surface area (Å²) in [6.07, 6.45) is 0. The molecule has 3 aromatic rings. The molecular formula is C21H23N5O2. The third-order valence-electron chi connectivity index (χ3n) is 4.52. The molecule has 0 aliphatic rings. The number of carbonyl (C=O) groups is 2. The van der Waals surface area contributed by atoms with Crippen molar-refractivity contribution in [3.8, 4) is 0 Å². The van der Waals surface area contributed by atoms with Gasteiger partial charge in [0, 0.05) is 22.6 Å². The number of hydrogen-bond acceptors (Lipinski definition) is 3. The lowest BCUT2D eigenvalue weighted by Gasteiger charge is -2.15. The zero-order chi connectivity index (χ0) is 20.1. The maximum atomic E-state index is 12.4. The van der Waals surface area contributed by atoms with E-state index in [1.54, 1.807) is 12.1 Å². The molecule has 1 aromatic heterocycles. The predicted octanol–water partition coefficient (Wildman–Crippen LogP) is 4.16. The number of benzene rings is 2. The van der Waals surface area contributed by atoms with E-state index in [0.29, 0.717) is 11.4 Å². The molecule has 3 amide bonds. The molecule has 0 saturated carbocycles. The van der Waals surface area contributed by atoms with Gasteiger partial charge in [0.1, 0.15) is 0 Å². The van der Waals surface area contributed by atoms with Gasteiger partial charge in [-0.25, -0.2) is 4.79 Å². The summed E-state index contributed by atoms with van der Waals surface area (Å²) in [6, 6.07) is 16.0. The zero-order valence-corrected chi connectivity index (χ0v) is 16.0. The highest BCUT2D eigenvalue weighted by Gasteiger charge is 2.17. The van der Waals surface area contributed by atoms with Crippen molar-refractivity contribution in [1.82, 2.24) is 15.5 Å². The Kier molecular flexibility index (Phi) is 5.74. The summed E-state index contributed by atoms with van der Waals surface area (Å²) in [5.41, 5.74) is 4.43. The second-order valence-corrected chi connectivity index (χ2v) is 6.58. The minimum absolute atomic E-state index is 0.198. The van der Waals surface area contributed by atoms with E-state index in [1.807, 2.05) is 63.2 Å². The first-order valence-electron chi connectivity index (χ1n) is 8.99. The van der Waals surface area contributed by atoms with Crippen molar-refractivity contribution >= 4 is 23.3 Å². The lowest BCUT2D eigenvalue weighted by atomic mass is 10.1. The summed E-state index contributed by atoms with van der Waals surface area (Å²) in [6.45, 7) is 5.64. The van der Waals surface area contributed by atoms with Crippen LogP contribution >= 0.6 is 0 Å². The molecule has 0 saturated heterocycles. The smallest absolute Gasteiger partial charge is 0.323 e. The van der Waals surface area contributed by atoms with Gasteiger partial charge in [-0.3, -0.25) is 9.89 Å². The third-order valence-corrected chi connectivity index (χ3v) is 4.52. The molecule has 28 heavy (non-hydrogen) atoms. The standard InChI is InChI=1S/C21H23N5O2/c1-13-14(2)25-26-19(13)20(27)22-15(3)16-9-11-18(12-10-16)24-21(28)23-17-7-5-4-6-8-17/h4-12,15H,1-3H3,(H,22,27)(H,25,26)(H2,23,24,28)/t15-/m0/s1. The van der Waals surface area contributed by atoms with E-state index < -0.39 is 0 Å². The lowest BCUT2D eigenvalue weighted by molar-refractivity contribution is 0.0934. The highest BCUT2D eigenvalue weighted by Crippen LogP contribution is 2.18. The SMILES string of the molecule is Cc1[nH]nc(C(=O)N[C@@H](C)c2ccc(NC(=O)Nc3ccccc3)cc2)c1C. The van der Waals surface area contributed by atoms with E-state index in [4.69, 9.17) is 0 Å². The summed E-state index contributed by atoms with van der Waals surface area (Å²) >= 11 is 0. The number of urea groups is 1. The van der Waals surface area contributed by atoms with Gasteiger partial charge in [-0.1, -0.05) is 30.3 Å². The number of aryl methyl sites for hydroxylation is 1. The highest BCUT2D eigenvalue weighted by molar-refractivity contribution is 5.99. The van der Waals surface area contributed by atoms with E-state index >= 15 is 0 Å². The Morgan fingerprint density at radius 3 is 2.11 bits per heavy atom. The molecular weight excluding hydrogens is 354 g/mol. The topological polar surface area (TPSA) is 98.9 Å². The summed E-state index contributed by atoms with van der Waals surface area (Å²) in [7, 11) is 0. The minimum Gasteiger partial charge on any atom is -0.344 e. The Bertz CT molecular complexity index is 964. The Hall–Kier alpha value is -3.61. The van der Waals surface area contributed by atoms with Crippen molar-refractivity contribution in [3.63, 3.8) is 0 Å². The summed E-state index contributed by atoms with van der Waals surface area (Å²) in [4.78, 5) is 24.4. The van der Waals surface area contributed by atoms with Gasteiger partial charge in [0.25, 0.3) is 5.91 Å². The zero-order valence-electron chi connectivity index (χ0n) is 16.0. The molecule has 0 radical (unpaired) electrons. The van der Waals surface area contributed by atoms with Crippen LogP contribution in [0.15, 0.2) is 54.6 Å². The minimum atomic E-state index is -0.315. The van der Waals surface area contributed by atoms with Crippen LogP contribution in [0, 0.1) is 13.8 Å². The van der Waals surface area contributed by atoms with Gasteiger partial charge in [-0.2, -0.15) is 5.10 Å². The van der Waals surface area contributed by atoms with Crippen molar-refractivity contribution < 1.29 is 9.59 Å². The van der Waals surface area contributed by atoms with Gasteiger partial charge in [-0.15, -0.1) is 0 Å². The number of rotatable bonds is 5. The highest BCUT2D eigenvalue weighted by atomic mass is 16.2. The molecule has 0 unspecified atom stereocenters. The van der Waals surface area contributed by atoms with Gasteiger partial charge in [0.05, 0.1) is 6.04 Å². The van der Waals surface area contributed by atoms with Crippen LogP contribution in [0.5, 0.6) is 0 Å². The number of aromatic amines is 1. The maximum absolute atomic E-state index is 12.4. The molecule has 0 spiro atoms. The molecule has 2 aromatic carbocycles. The van der Waals surface area contributed by atoms with Crippen LogP contribution < -0.4 is 16.0 Å². The number of nitrogens with zero attached hydrogens (tertiary/aromatic N) is 1. The van der Waals surface area contributed by atoms with Crippen molar-refractivity contribution in [3.05, 3.63) is 77.1 Å². The van der Waals surface area contributed by atoms with Gasteiger partial charge in [0.15, 0.2) is 5.69 Å². The first kappa shape index (κ1) is 19.2. The van der Waals surface area contributed by atoms with Crippen LogP contribution in [-0.2, 0) is 0 Å². The molecule has 1 atom stereocenters. The summed E-state index contributed by atoms with van der Waals surface area (Å²) < 4.78 is 0. The first-order chi connectivity index (χ1) is 13.4. The monoisotopic (exact) mass is 377 g/mol. The quantitative estimate of drug-likeness (QED) is 0.537. The second kappa shape index (κ2) is 8.39. The van der Waals surface area contributed by atoms with Crippen LogP contribution in [0.4, 0.5) is 16.2 Å². The fraction of sp³-hybridized carbons (Fsp3) is 0.190. The molecule has 7 heteroatoms. The fourth-order valence-corrected chi connectivity index (χ4v) is 2.72. The molecule has 4 N–H and O–H groups in total. The predicted molar refractivity (Wildman–Crippen MR) is 109 cm³/mol. The number of aromatic nitrogens is 2. The normalized spacial score (nSPS) is 11.5. The van der Waals surface area contributed by atoms with Crippen molar-refractivity contribution in [2.24, 2.45) is 0 Å². The van der Waals surface area contributed by atoms with Crippen LogP contribution in [0.25, 0.3) is 0 Å². The van der Waals surface area contributed by atoms with Crippen LogP contribution in [0.2, 0.25) is 0 Å². The van der Waals surface area contributed by atoms with Crippen LogP contribution in [0.3, 0.4) is 0 Å². The van der Waals surface area contributed by atoms with Crippen LogP contribution in [0.1, 0.15) is 40.3 Å². The summed E-state index contributed by atoms with van der Waals surface area (Å²) in [5, 5.41) is 15.4. The Labute approximate surface area is 163 Å². The van der Waals surface area contributed by atoms with E-state index in [-0.39, 0.29) is 18.0 Å². The largest absolute Gasteiger partial charge is 0.344 e. The molecule has 0 fully saturated rings. The maximum Gasteiger partial charge on any atom is 0.323 e. The lowest BCUT2D eigenvalue weighted by Crippen LogP contribution is -2.27. The van der Waals surface area contributed by atoms with Crippen LogP contribution in [-0.4, -0.2) is 22.1 Å². The Morgan fingerprint density at radius 2 is 1.54 bits per heavy atom. The van der Waals surface area contributed by atoms with Gasteiger partial charge >= 0.3 is 6.03 Å². The fourth-order valence-electron chi connectivity index (χ4n) is 2.72. The molecule has 7 nitrogen and oxygen atoms in total. The summed E-state index contributed by atoms with van der Waals surface area (Å²) in [5.74, 6) is -0.223. The third kappa shape index (κ3) is 4.56. The molecule has 1 heterocycles. The van der Waals surface area contributed by atoms with Gasteiger partial charge in [0.2, 0.25) is 0 Å². The van der Waals surface area contributed by atoms with E-state index in [1.165, 1.54) is 0 Å². The van der Waals surface area contributed by atoms with E-state index in [9.17, 15) is 9.59 Å². The number of anilines is 2. The molecule has 144 valence electrons. The molecule has 0 bridgehead atoms. The Balaban J connectivity index is 1.58. The number of para-hydroxylation sites is 1. The Morgan fingerprint density at radius 1 is 0.929 bits per heavy atom. The average Bonchev–Trinajstić information content (AvgIpc) is 3.02. The first-order valence-corrected chi connectivity index (χ1v) is 8.99. The molecule has 0 aliphatic carbocycles. The number of H-pyrrole nitrogens is 1. The van der Waals surface area contributed by atoms with Gasteiger partial charge < -0.3 is 16.0 Å². The number of carbonyl (C=O) groups excluding carboxylic acids is 2. The van der Waals surface area contributed by atoms with Crippen molar-refractivity contribution in [2.75, 3.05) is 10.6 Å². The van der Waals surface area contributed by atoms with E-state index in [0.717, 1.165) is 22.5 Å². The van der Waals surface area contributed by atoms with Crippen molar-refractivity contribution in [1.29, 1.82) is 0 Å². The number of nitrogens with one attached hydrogen (secondary N) is 4.